The highest BCUT2D eigenvalue weighted by atomic mass is 16.5. The minimum atomic E-state index is -0.622. The van der Waals surface area contributed by atoms with Crippen molar-refractivity contribution >= 4 is 11.8 Å². The van der Waals surface area contributed by atoms with Crippen LogP contribution in [0.4, 0.5) is 0 Å². The van der Waals surface area contributed by atoms with Gasteiger partial charge in [0, 0.05) is 31.3 Å². The highest BCUT2D eigenvalue weighted by Crippen LogP contribution is 2.31. The van der Waals surface area contributed by atoms with Crippen LogP contribution in [-0.2, 0) is 9.59 Å². The van der Waals surface area contributed by atoms with E-state index in [1.54, 1.807) is 0 Å². The summed E-state index contributed by atoms with van der Waals surface area (Å²) in [7, 11) is 0. The molecule has 2 aliphatic rings. The zero-order valence-electron chi connectivity index (χ0n) is 15.5. The number of amides is 2. The Bertz CT molecular complexity index is 646. The average Bonchev–Trinajstić information content (AvgIpc) is 2.64. The summed E-state index contributed by atoms with van der Waals surface area (Å²) in [4.78, 5) is 25.3. The third-order valence-corrected chi connectivity index (χ3v) is 5.60. The molecular formula is C20H28N2O4. The average molecular weight is 360 g/mol. The first-order valence-electron chi connectivity index (χ1n) is 9.50. The van der Waals surface area contributed by atoms with Crippen molar-refractivity contribution in [2.75, 3.05) is 13.1 Å². The molecule has 0 aromatic heterocycles. The van der Waals surface area contributed by atoms with Gasteiger partial charge in [0.1, 0.15) is 5.75 Å². The fourth-order valence-electron chi connectivity index (χ4n) is 3.75. The molecule has 2 saturated heterocycles. The van der Waals surface area contributed by atoms with Gasteiger partial charge < -0.3 is 9.84 Å². The van der Waals surface area contributed by atoms with Gasteiger partial charge in [-0.2, -0.15) is 0 Å². The minimum absolute atomic E-state index is 0.125. The van der Waals surface area contributed by atoms with Crippen LogP contribution in [0.5, 0.6) is 5.75 Å². The molecule has 2 heterocycles. The van der Waals surface area contributed by atoms with Crippen LogP contribution in [0.3, 0.4) is 0 Å². The van der Waals surface area contributed by atoms with Crippen LogP contribution < -0.4 is 10.1 Å². The number of imide groups is 1. The minimum Gasteiger partial charge on any atom is -0.481 e. The molecule has 2 amide bonds. The van der Waals surface area contributed by atoms with E-state index < -0.39 is 6.10 Å². The molecule has 6 nitrogen and oxygen atoms in total. The number of benzene rings is 1. The molecule has 1 aromatic carbocycles. The van der Waals surface area contributed by atoms with Crippen molar-refractivity contribution in [2.45, 2.75) is 63.7 Å². The van der Waals surface area contributed by atoms with Crippen molar-refractivity contribution in [1.82, 2.24) is 10.2 Å². The molecular weight excluding hydrogens is 332 g/mol. The number of nitrogens with zero attached hydrogens (tertiary/aromatic N) is 1. The highest BCUT2D eigenvalue weighted by molar-refractivity contribution is 5.99. The summed E-state index contributed by atoms with van der Waals surface area (Å²) in [5, 5.41) is 12.9. The van der Waals surface area contributed by atoms with E-state index in [1.807, 2.05) is 24.3 Å². The Labute approximate surface area is 154 Å². The van der Waals surface area contributed by atoms with Crippen molar-refractivity contribution in [1.29, 1.82) is 0 Å². The van der Waals surface area contributed by atoms with E-state index in [0.717, 1.165) is 24.9 Å². The Morgan fingerprint density at radius 2 is 2.00 bits per heavy atom. The van der Waals surface area contributed by atoms with Gasteiger partial charge in [0.05, 0.1) is 6.10 Å². The molecule has 2 N–H and O–H groups in total. The zero-order chi connectivity index (χ0) is 18.7. The van der Waals surface area contributed by atoms with Gasteiger partial charge >= 0.3 is 0 Å². The summed E-state index contributed by atoms with van der Waals surface area (Å²) in [6.45, 7) is 6.07. The number of nitrogens with one attached hydrogen (secondary N) is 1. The molecule has 26 heavy (non-hydrogen) atoms. The van der Waals surface area contributed by atoms with Gasteiger partial charge in [0.25, 0.3) is 5.91 Å². The SMILES string of the molecule is CCC(C)N1CCC(c2ccc(OC3CCC(=O)NC3=O)cc2)C(O)C1. The van der Waals surface area contributed by atoms with Gasteiger partial charge in [0.2, 0.25) is 5.91 Å². The van der Waals surface area contributed by atoms with Crippen LogP contribution >= 0.6 is 0 Å². The number of aliphatic hydroxyl groups excluding tert-OH is 1. The van der Waals surface area contributed by atoms with Gasteiger partial charge in [-0.1, -0.05) is 19.1 Å². The fraction of sp³-hybridized carbons (Fsp3) is 0.600. The molecule has 2 fully saturated rings. The maximum Gasteiger partial charge on any atom is 0.267 e. The fourth-order valence-corrected chi connectivity index (χ4v) is 3.75. The van der Waals surface area contributed by atoms with Gasteiger partial charge in [-0.3, -0.25) is 19.8 Å². The van der Waals surface area contributed by atoms with E-state index in [-0.39, 0.29) is 23.8 Å². The normalized spacial score (nSPS) is 28.5. The maximum atomic E-state index is 11.8. The third kappa shape index (κ3) is 4.24. The Morgan fingerprint density at radius 1 is 1.27 bits per heavy atom. The Morgan fingerprint density at radius 3 is 2.62 bits per heavy atom. The summed E-state index contributed by atoms with van der Waals surface area (Å²) < 4.78 is 5.71. The van der Waals surface area contributed by atoms with Crippen LogP contribution in [-0.4, -0.2) is 53.2 Å². The summed E-state index contributed by atoms with van der Waals surface area (Å²) in [6, 6.07) is 8.11. The number of ether oxygens (including phenoxy) is 1. The van der Waals surface area contributed by atoms with Crippen LogP contribution in [0.15, 0.2) is 24.3 Å². The lowest BCUT2D eigenvalue weighted by atomic mass is 9.86. The lowest BCUT2D eigenvalue weighted by Crippen LogP contribution is -2.46. The number of piperidine rings is 2. The van der Waals surface area contributed by atoms with E-state index in [9.17, 15) is 14.7 Å². The largest absolute Gasteiger partial charge is 0.481 e. The number of hydrogen-bond donors (Lipinski definition) is 2. The predicted octanol–water partition coefficient (Wildman–Crippen LogP) is 1.82. The molecule has 0 spiro atoms. The van der Waals surface area contributed by atoms with Crippen LogP contribution in [0.2, 0.25) is 0 Å². The topological polar surface area (TPSA) is 78.9 Å². The Hall–Kier alpha value is -1.92. The molecule has 4 atom stereocenters. The molecule has 1 aromatic rings. The Kier molecular flexibility index (Phi) is 5.94. The van der Waals surface area contributed by atoms with Crippen molar-refractivity contribution in [3.63, 3.8) is 0 Å². The van der Waals surface area contributed by atoms with E-state index in [2.05, 4.69) is 24.1 Å². The first-order valence-corrected chi connectivity index (χ1v) is 9.50. The Balaban J connectivity index is 1.59. The molecule has 0 bridgehead atoms. The van der Waals surface area contributed by atoms with Crippen molar-refractivity contribution in [2.24, 2.45) is 0 Å². The second-order valence-corrected chi connectivity index (χ2v) is 7.34. The van der Waals surface area contributed by atoms with E-state index in [4.69, 9.17) is 4.74 Å². The number of carbonyl (C=O) groups is 2. The van der Waals surface area contributed by atoms with Gasteiger partial charge in [-0.15, -0.1) is 0 Å². The molecule has 6 heteroatoms. The lowest BCUT2D eigenvalue weighted by molar-refractivity contribution is -0.138. The molecule has 0 saturated carbocycles. The first-order chi connectivity index (χ1) is 12.5. The molecule has 3 rings (SSSR count). The number of hydrogen-bond acceptors (Lipinski definition) is 5. The summed E-state index contributed by atoms with van der Waals surface area (Å²) in [5.74, 6) is 0.107. The smallest absolute Gasteiger partial charge is 0.267 e. The molecule has 2 aliphatic heterocycles. The zero-order valence-corrected chi connectivity index (χ0v) is 15.5. The van der Waals surface area contributed by atoms with Gasteiger partial charge in [-0.05, 0) is 44.0 Å². The van der Waals surface area contributed by atoms with Crippen molar-refractivity contribution in [3.8, 4) is 5.75 Å². The summed E-state index contributed by atoms with van der Waals surface area (Å²) in [6.07, 6.45) is 1.72. The van der Waals surface area contributed by atoms with E-state index >= 15 is 0 Å². The molecule has 4 unspecified atom stereocenters. The number of likely N-dealkylation sites (tertiary alicyclic amines) is 1. The van der Waals surface area contributed by atoms with Crippen LogP contribution in [0.1, 0.15) is 51.0 Å². The van der Waals surface area contributed by atoms with Crippen molar-refractivity contribution < 1.29 is 19.4 Å². The summed E-state index contributed by atoms with van der Waals surface area (Å²) in [5.41, 5.74) is 1.09. The van der Waals surface area contributed by atoms with E-state index in [1.165, 1.54) is 0 Å². The highest BCUT2D eigenvalue weighted by Gasteiger charge is 2.31. The van der Waals surface area contributed by atoms with E-state index in [0.29, 0.717) is 31.2 Å². The van der Waals surface area contributed by atoms with Crippen molar-refractivity contribution in [3.05, 3.63) is 29.8 Å². The van der Waals surface area contributed by atoms with Gasteiger partial charge in [0.15, 0.2) is 6.10 Å². The maximum absolute atomic E-state index is 11.8. The standard InChI is InChI=1S/C20H28N2O4/c1-3-13(2)22-11-10-16(17(23)12-22)14-4-6-15(7-5-14)26-18-8-9-19(24)21-20(18)25/h4-7,13,16-18,23H,3,8-12H2,1-2H3,(H,21,24,25). The number of rotatable bonds is 5. The van der Waals surface area contributed by atoms with Crippen LogP contribution in [0, 0.1) is 0 Å². The lowest BCUT2D eigenvalue weighted by Gasteiger charge is -2.39. The first kappa shape index (κ1) is 18.9. The second-order valence-electron chi connectivity index (χ2n) is 7.34. The monoisotopic (exact) mass is 360 g/mol. The van der Waals surface area contributed by atoms with Gasteiger partial charge in [-0.25, -0.2) is 0 Å². The number of aliphatic hydroxyl groups is 1. The second kappa shape index (κ2) is 8.18. The quantitative estimate of drug-likeness (QED) is 0.783. The molecule has 0 aliphatic carbocycles. The third-order valence-electron chi connectivity index (χ3n) is 5.60. The molecule has 0 radical (unpaired) electrons. The number of carbonyl (C=O) groups excluding carboxylic acids is 2. The summed E-state index contributed by atoms with van der Waals surface area (Å²) >= 11 is 0. The van der Waals surface area contributed by atoms with Crippen LogP contribution in [0.25, 0.3) is 0 Å². The number of β-amino-alcohol motifs (C(OH)–C–C–N with tert-alkyl or cyclic N) is 1. The predicted molar refractivity (Wildman–Crippen MR) is 97.9 cm³/mol. The molecule has 142 valence electrons.